The van der Waals surface area contributed by atoms with Gasteiger partial charge in [0, 0.05) is 18.2 Å². The molecule has 1 aromatic carbocycles. The molecule has 8 nitrogen and oxygen atoms in total. The van der Waals surface area contributed by atoms with E-state index < -0.39 is 34.4 Å². The van der Waals surface area contributed by atoms with E-state index in [1.807, 2.05) is 6.92 Å². The predicted molar refractivity (Wildman–Crippen MR) is 88.8 cm³/mol. The van der Waals surface area contributed by atoms with Gasteiger partial charge in [0.1, 0.15) is 11.4 Å². The van der Waals surface area contributed by atoms with Gasteiger partial charge in [-0.1, -0.05) is 6.92 Å². The third-order valence-electron chi connectivity index (χ3n) is 4.23. The van der Waals surface area contributed by atoms with Crippen LogP contribution in [0.5, 0.6) is 0 Å². The monoisotopic (exact) mass is 368 g/mol. The van der Waals surface area contributed by atoms with E-state index in [0.717, 1.165) is 10.4 Å². The lowest BCUT2D eigenvalue weighted by atomic mass is 10.1. The standard InChI is InChI=1S/C16H20N2O6S/c1-4-10(3)17(9-14(19)20)15(21)11-6-7-12-13(8-11)25(23,24)18(5-2)16(12)22/h6-8,10H,4-5,9H2,1-3H3,(H,19,20). The lowest BCUT2D eigenvalue weighted by Gasteiger charge is -2.27. The summed E-state index contributed by atoms with van der Waals surface area (Å²) in [5.41, 5.74) is 0.0568. The van der Waals surface area contributed by atoms with Gasteiger partial charge in [0.05, 0.1) is 5.56 Å². The summed E-state index contributed by atoms with van der Waals surface area (Å²) in [6.45, 7) is 4.59. The Morgan fingerprint density at radius 1 is 1.28 bits per heavy atom. The average molecular weight is 368 g/mol. The fourth-order valence-corrected chi connectivity index (χ4v) is 4.28. The van der Waals surface area contributed by atoms with Crippen molar-refractivity contribution in [1.29, 1.82) is 0 Å². The first-order chi connectivity index (χ1) is 11.6. The highest BCUT2D eigenvalue weighted by atomic mass is 32.2. The maximum Gasteiger partial charge on any atom is 0.323 e. The van der Waals surface area contributed by atoms with Gasteiger partial charge in [-0.2, -0.15) is 0 Å². The zero-order valence-electron chi connectivity index (χ0n) is 14.2. The molecule has 1 unspecified atom stereocenters. The molecule has 0 radical (unpaired) electrons. The van der Waals surface area contributed by atoms with E-state index in [2.05, 4.69) is 0 Å². The number of benzene rings is 1. The van der Waals surface area contributed by atoms with E-state index in [4.69, 9.17) is 5.11 Å². The van der Waals surface area contributed by atoms with Crippen LogP contribution in [-0.2, 0) is 14.8 Å². The van der Waals surface area contributed by atoms with Gasteiger partial charge in [0.15, 0.2) is 0 Å². The number of carboxylic acid groups (broad SMARTS) is 1. The van der Waals surface area contributed by atoms with Crippen LogP contribution >= 0.6 is 0 Å². The molecule has 9 heteroatoms. The summed E-state index contributed by atoms with van der Waals surface area (Å²) in [6, 6.07) is 3.47. The van der Waals surface area contributed by atoms with Crippen molar-refractivity contribution >= 4 is 27.8 Å². The van der Waals surface area contributed by atoms with Gasteiger partial charge >= 0.3 is 5.97 Å². The van der Waals surface area contributed by atoms with E-state index >= 15 is 0 Å². The Kier molecular flexibility index (Phi) is 5.17. The predicted octanol–water partition coefficient (Wildman–Crippen LogP) is 1.18. The van der Waals surface area contributed by atoms with E-state index in [9.17, 15) is 22.8 Å². The number of carboxylic acids is 1. The van der Waals surface area contributed by atoms with Gasteiger partial charge in [-0.05, 0) is 38.5 Å². The smallest absolute Gasteiger partial charge is 0.323 e. The number of carbonyl (C=O) groups is 3. The van der Waals surface area contributed by atoms with Crippen LogP contribution in [0.4, 0.5) is 0 Å². The number of hydrogen-bond acceptors (Lipinski definition) is 5. The van der Waals surface area contributed by atoms with Crippen LogP contribution in [-0.4, -0.2) is 59.6 Å². The minimum absolute atomic E-state index is 0.00284. The lowest BCUT2D eigenvalue weighted by molar-refractivity contribution is -0.138. The van der Waals surface area contributed by atoms with E-state index in [0.29, 0.717) is 6.42 Å². The van der Waals surface area contributed by atoms with Crippen molar-refractivity contribution in [3.63, 3.8) is 0 Å². The van der Waals surface area contributed by atoms with E-state index in [1.165, 1.54) is 17.0 Å². The second-order valence-corrected chi connectivity index (χ2v) is 7.60. The molecule has 0 aliphatic carbocycles. The topological polar surface area (TPSA) is 112 Å². The SMILES string of the molecule is CCC(C)N(CC(=O)O)C(=O)c1ccc2c(c1)S(=O)(=O)N(CC)C2=O. The minimum Gasteiger partial charge on any atom is -0.480 e. The second kappa shape index (κ2) is 6.83. The summed E-state index contributed by atoms with van der Waals surface area (Å²) in [5.74, 6) is -2.37. The molecule has 2 rings (SSSR count). The van der Waals surface area contributed by atoms with Crippen LogP contribution in [0.25, 0.3) is 0 Å². The highest BCUT2D eigenvalue weighted by Crippen LogP contribution is 2.31. The molecule has 1 aliphatic heterocycles. The first-order valence-electron chi connectivity index (χ1n) is 7.89. The average Bonchev–Trinajstić information content (AvgIpc) is 2.76. The van der Waals surface area contributed by atoms with Gasteiger partial charge in [0.2, 0.25) is 0 Å². The third-order valence-corrected chi connectivity index (χ3v) is 6.13. The number of fused-ring (bicyclic) bond motifs is 1. The molecule has 25 heavy (non-hydrogen) atoms. The van der Waals surface area contributed by atoms with Crippen molar-refractivity contribution in [2.45, 2.75) is 38.1 Å². The van der Waals surface area contributed by atoms with Crippen molar-refractivity contribution in [2.75, 3.05) is 13.1 Å². The number of sulfonamides is 1. The summed E-state index contributed by atoms with van der Waals surface area (Å²) in [6.07, 6.45) is 0.546. The molecule has 0 aromatic heterocycles. The molecule has 1 aromatic rings. The number of nitrogens with zero attached hydrogens (tertiary/aromatic N) is 2. The van der Waals surface area contributed by atoms with Crippen molar-refractivity contribution in [1.82, 2.24) is 9.21 Å². The van der Waals surface area contributed by atoms with Crippen LogP contribution < -0.4 is 0 Å². The lowest BCUT2D eigenvalue weighted by Crippen LogP contribution is -2.41. The van der Waals surface area contributed by atoms with Gasteiger partial charge < -0.3 is 10.0 Å². The van der Waals surface area contributed by atoms with E-state index in [1.54, 1.807) is 13.8 Å². The fraction of sp³-hybridized carbons (Fsp3) is 0.438. The fourth-order valence-electron chi connectivity index (χ4n) is 2.68. The molecule has 1 heterocycles. The normalized spacial score (nSPS) is 16.4. The number of amides is 2. The van der Waals surface area contributed by atoms with Crippen LogP contribution in [0.1, 0.15) is 47.9 Å². The Morgan fingerprint density at radius 2 is 1.92 bits per heavy atom. The molecule has 136 valence electrons. The third kappa shape index (κ3) is 3.23. The van der Waals surface area contributed by atoms with Crippen LogP contribution in [0.2, 0.25) is 0 Å². The highest BCUT2D eigenvalue weighted by Gasteiger charge is 2.40. The van der Waals surface area contributed by atoms with Crippen molar-refractivity contribution in [3.8, 4) is 0 Å². The first-order valence-corrected chi connectivity index (χ1v) is 9.33. The van der Waals surface area contributed by atoms with Gasteiger partial charge in [-0.25, -0.2) is 12.7 Å². The van der Waals surface area contributed by atoms with Crippen LogP contribution in [0.15, 0.2) is 23.1 Å². The maximum absolute atomic E-state index is 12.7. The van der Waals surface area contributed by atoms with Crippen LogP contribution in [0.3, 0.4) is 0 Å². The summed E-state index contributed by atoms with van der Waals surface area (Å²) in [7, 11) is -3.98. The molecule has 0 saturated carbocycles. The molecule has 0 fully saturated rings. The second-order valence-electron chi connectivity index (χ2n) is 5.77. The minimum atomic E-state index is -3.98. The quantitative estimate of drug-likeness (QED) is 0.807. The Bertz CT molecular complexity index is 833. The number of hydrogen-bond donors (Lipinski definition) is 1. The summed E-state index contributed by atoms with van der Waals surface area (Å²) in [4.78, 5) is 36.8. The zero-order valence-corrected chi connectivity index (χ0v) is 15.0. The van der Waals surface area contributed by atoms with Crippen LogP contribution in [0, 0.1) is 0 Å². The van der Waals surface area contributed by atoms with Gasteiger partial charge in [-0.3, -0.25) is 14.4 Å². The van der Waals surface area contributed by atoms with Crippen molar-refractivity contribution in [3.05, 3.63) is 29.3 Å². The molecule has 1 atom stereocenters. The molecule has 2 amide bonds. The van der Waals surface area contributed by atoms with Gasteiger partial charge in [0.25, 0.3) is 21.8 Å². The Balaban J connectivity index is 2.48. The molecule has 1 N–H and O–H groups in total. The molecule has 0 bridgehead atoms. The zero-order chi connectivity index (χ0) is 18.9. The highest BCUT2D eigenvalue weighted by molar-refractivity contribution is 7.90. The molecule has 0 saturated heterocycles. The Morgan fingerprint density at radius 3 is 2.44 bits per heavy atom. The largest absolute Gasteiger partial charge is 0.480 e. The van der Waals surface area contributed by atoms with E-state index in [-0.39, 0.29) is 28.6 Å². The Labute approximate surface area is 146 Å². The molecular formula is C16H20N2O6S. The summed E-state index contributed by atoms with van der Waals surface area (Å²) >= 11 is 0. The summed E-state index contributed by atoms with van der Waals surface area (Å²) in [5, 5.41) is 9.02. The maximum atomic E-state index is 12.7. The molecule has 1 aliphatic rings. The Hall–Kier alpha value is -2.42. The number of aliphatic carboxylic acids is 1. The van der Waals surface area contributed by atoms with Crippen molar-refractivity contribution < 1.29 is 27.9 Å². The molecular weight excluding hydrogens is 348 g/mol. The summed E-state index contributed by atoms with van der Waals surface area (Å²) < 4.78 is 25.6. The number of rotatable bonds is 6. The molecule has 0 spiro atoms. The van der Waals surface area contributed by atoms with Crippen molar-refractivity contribution in [2.24, 2.45) is 0 Å². The first kappa shape index (κ1) is 18.9. The number of carbonyl (C=O) groups excluding carboxylic acids is 2. The van der Waals surface area contributed by atoms with Gasteiger partial charge in [-0.15, -0.1) is 0 Å².